The molecule has 0 spiro atoms. The summed E-state index contributed by atoms with van der Waals surface area (Å²) < 4.78 is 29.0. The number of benzene rings is 1. The van der Waals surface area contributed by atoms with Gasteiger partial charge in [-0.1, -0.05) is 26.0 Å². The molecule has 0 saturated heterocycles. The monoisotopic (exact) mass is 486 g/mol. The Bertz CT molecular complexity index is 1240. The maximum atomic E-state index is 13.1. The van der Waals surface area contributed by atoms with Gasteiger partial charge >= 0.3 is 0 Å². The number of rotatable bonds is 7. The summed E-state index contributed by atoms with van der Waals surface area (Å²) >= 11 is 1.40. The summed E-state index contributed by atoms with van der Waals surface area (Å²) in [5.41, 5.74) is 3.80. The van der Waals surface area contributed by atoms with Gasteiger partial charge in [0, 0.05) is 41.5 Å². The lowest BCUT2D eigenvalue weighted by atomic mass is 9.81. The van der Waals surface area contributed by atoms with Crippen molar-refractivity contribution in [3.8, 4) is 11.1 Å². The van der Waals surface area contributed by atoms with Gasteiger partial charge in [0.15, 0.2) is 0 Å². The normalized spacial score (nSPS) is 19.0. The zero-order valence-corrected chi connectivity index (χ0v) is 20.5. The van der Waals surface area contributed by atoms with Crippen molar-refractivity contribution < 1.29 is 8.42 Å². The molecular formula is C24H30N4O3S2. The van der Waals surface area contributed by atoms with Gasteiger partial charge in [0.2, 0.25) is 10.0 Å². The Kier molecular flexibility index (Phi) is 7.02. The molecule has 0 bridgehead atoms. The maximum absolute atomic E-state index is 13.1. The molecular weight excluding hydrogens is 456 g/mol. The smallest absolute Gasteiger partial charge is 0.273 e. The highest BCUT2D eigenvalue weighted by Crippen LogP contribution is 2.34. The van der Waals surface area contributed by atoms with Crippen molar-refractivity contribution in [2.75, 3.05) is 5.32 Å². The van der Waals surface area contributed by atoms with Gasteiger partial charge in [0.25, 0.3) is 5.56 Å². The average molecular weight is 487 g/mol. The van der Waals surface area contributed by atoms with Gasteiger partial charge < -0.3 is 9.88 Å². The molecule has 0 radical (unpaired) electrons. The number of anilines is 1. The molecule has 3 N–H and O–H groups in total. The number of hydrogen-bond acceptors (Lipinski definition) is 6. The molecule has 0 amide bonds. The lowest BCUT2D eigenvalue weighted by molar-refractivity contribution is 0.411. The molecule has 4 rings (SSSR count). The summed E-state index contributed by atoms with van der Waals surface area (Å²) in [7, 11) is -3.67. The van der Waals surface area contributed by atoms with E-state index in [1.807, 2.05) is 36.0 Å². The van der Waals surface area contributed by atoms with Gasteiger partial charge in [0.05, 0.1) is 4.90 Å². The first-order valence-electron chi connectivity index (χ1n) is 11.2. The molecule has 1 saturated carbocycles. The van der Waals surface area contributed by atoms with Crippen molar-refractivity contribution in [3.63, 3.8) is 0 Å². The number of nitrogens with two attached hydrogens (primary N) is 1. The molecule has 9 heteroatoms. The van der Waals surface area contributed by atoms with Crippen LogP contribution >= 0.6 is 11.5 Å². The minimum Gasteiger partial charge on any atom is -0.378 e. The van der Waals surface area contributed by atoms with Crippen LogP contribution < -0.4 is 16.0 Å². The summed E-state index contributed by atoms with van der Waals surface area (Å²) in [6.07, 6.45) is 7.59. The van der Waals surface area contributed by atoms with Crippen molar-refractivity contribution >= 4 is 27.2 Å². The molecule has 2 heterocycles. The largest absolute Gasteiger partial charge is 0.378 e. The van der Waals surface area contributed by atoms with Gasteiger partial charge in [-0.15, -0.1) is 0 Å². The quantitative estimate of drug-likeness (QED) is 0.514. The maximum Gasteiger partial charge on any atom is 0.273 e. The molecule has 0 atom stereocenters. The number of nitrogens with zero attached hydrogens (tertiary/aromatic N) is 2. The summed E-state index contributed by atoms with van der Waals surface area (Å²) in [6, 6.07) is 9.05. The SMILES string of the molecule is CC(C)Cn1cc(-c2cnsc2)cc(NC2CCC(c3ccc(S(N)(=O)=O)cc3)CC2)c1=O. The fourth-order valence-corrected chi connectivity index (χ4v) is 5.56. The van der Waals surface area contributed by atoms with Crippen molar-refractivity contribution in [2.24, 2.45) is 11.1 Å². The molecule has 1 aromatic carbocycles. The molecule has 2 aromatic heterocycles. The number of nitrogens with one attached hydrogen (secondary N) is 1. The van der Waals surface area contributed by atoms with E-state index in [9.17, 15) is 13.2 Å². The molecule has 0 unspecified atom stereocenters. The minimum absolute atomic E-state index is 0.0105. The first-order valence-corrected chi connectivity index (χ1v) is 13.6. The van der Waals surface area contributed by atoms with Crippen LogP contribution in [0.4, 0.5) is 5.69 Å². The van der Waals surface area contributed by atoms with Crippen LogP contribution in [0.2, 0.25) is 0 Å². The highest BCUT2D eigenvalue weighted by molar-refractivity contribution is 7.89. The number of sulfonamides is 1. The zero-order valence-electron chi connectivity index (χ0n) is 18.9. The second-order valence-corrected chi connectivity index (χ2v) is 11.4. The molecule has 0 aliphatic heterocycles. The third-order valence-corrected chi connectivity index (χ3v) is 7.70. The number of aromatic nitrogens is 2. The van der Waals surface area contributed by atoms with E-state index in [0.717, 1.165) is 42.4 Å². The summed E-state index contributed by atoms with van der Waals surface area (Å²) in [5.74, 6) is 0.737. The lowest BCUT2D eigenvalue weighted by Crippen LogP contribution is -2.31. The first kappa shape index (κ1) is 23.7. The van der Waals surface area contributed by atoms with E-state index in [1.165, 1.54) is 11.5 Å². The Hall–Kier alpha value is -2.49. The van der Waals surface area contributed by atoms with Gasteiger partial charge in [-0.25, -0.2) is 17.9 Å². The minimum atomic E-state index is -3.67. The predicted molar refractivity (Wildman–Crippen MR) is 133 cm³/mol. The Morgan fingerprint density at radius 1 is 1.15 bits per heavy atom. The predicted octanol–water partition coefficient (Wildman–Crippen LogP) is 4.41. The summed E-state index contributed by atoms with van der Waals surface area (Å²) in [6.45, 7) is 4.88. The van der Waals surface area contributed by atoms with Crippen LogP contribution in [0.25, 0.3) is 11.1 Å². The van der Waals surface area contributed by atoms with Gasteiger partial charge in [-0.2, -0.15) is 0 Å². The highest BCUT2D eigenvalue weighted by Gasteiger charge is 2.24. The molecule has 176 valence electrons. The molecule has 1 fully saturated rings. The van der Waals surface area contributed by atoms with Crippen molar-refractivity contribution in [3.05, 3.63) is 64.0 Å². The Balaban J connectivity index is 1.48. The van der Waals surface area contributed by atoms with Crippen LogP contribution in [-0.4, -0.2) is 23.4 Å². The Labute approximate surface area is 198 Å². The van der Waals surface area contributed by atoms with Gasteiger partial charge in [-0.05, 0) is 72.8 Å². The molecule has 1 aliphatic rings. The summed E-state index contributed by atoms with van der Waals surface area (Å²) in [5, 5.41) is 10.7. The van der Waals surface area contributed by atoms with E-state index in [-0.39, 0.29) is 16.5 Å². The van der Waals surface area contributed by atoms with E-state index in [1.54, 1.807) is 16.7 Å². The molecule has 33 heavy (non-hydrogen) atoms. The third-order valence-electron chi connectivity index (χ3n) is 6.18. The van der Waals surface area contributed by atoms with E-state index in [4.69, 9.17) is 5.14 Å². The molecule has 3 aromatic rings. The highest BCUT2D eigenvalue weighted by atomic mass is 32.2. The van der Waals surface area contributed by atoms with Crippen LogP contribution in [0, 0.1) is 5.92 Å². The average Bonchev–Trinajstić information content (AvgIpc) is 3.31. The zero-order chi connectivity index (χ0) is 23.6. The Morgan fingerprint density at radius 2 is 1.85 bits per heavy atom. The Morgan fingerprint density at radius 3 is 2.42 bits per heavy atom. The fourth-order valence-electron chi connectivity index (χ4n) is 4.49. The lowest BCUT2D eigenvalue weighted by Gasteiger charge is -2.30. The van der Waals surface area contributed by atoms with E-state index >= 15 is 0 Å². The van der Waals surface area contributed by atoms with Crippen LogP contribution in [0.1, 0.15) is 51.0 Å². The van der Waals surface area contributed by atoms with Gasteiger partial charge in [0.1, 0.15) is 5.69 Å². The van der Waals surface area contributed by atoms with Crippen molar-refractivity contribution in [1.29, 1.82) is 0 Å². The summed E-state index contributed by atoms with van der Waals surface area (Å²) in [4.78, 5) is 13.3. The van der Waals surface area contributed by atoms with Crippen molar-refractivity contribution in [2.45, 2.75) is 62.9 Å². The van der Waals surface area contributed by atoms with Crippen LogP contribution in [0.5, 0.6) is 0 Å². The topological polar surface area (TPSA) is 107 Å². The van der Waals surface area contributed by atoms with E-state index in [0.29, 0.717) is 24.1 Å². The standard InChI is InChI=1S/C24H30N4O3S2/c1-16(2)13-28-14-19(20-12-26-32-15-20)11-23(24(28)29)27-21-7-3-17(4-8-21)18-5-9-22(10-6-18)33(25,30)31/h5-6,9-12,14-17,21,27H,3-4,7-8,13H2,1-2H3,(H2,25,30,31). The number of hydrogen-bond donors (Lipinski definition) is 2. The van der Waals surface area contributed by atoms with E-state index < -0.39 is 10.0 Å². The van der Waals surface area contributed by atoms with Crippen molar-refractivity contribution in [1.82, 2.24) is 8.94 Å². The van der Waals surface area contributed by atoms with Crippen LogP contribution in [0.3, 0.4) is 0 Å². The second kappa shape index (κ2) is 9.79. The molecule has 1 aliphatic carbocycles. The molecule has 7 nitrogen and oxygen atoms in total. The first-order chi connectivity index (χ1) is 15.7. The second-order valence-electron chi connectivity index (χ2n) is 9.21. The number of pyridine rings is 1. The number of primary sulfonamides is 1. The van der Waals surface area contributed by atoms with Crippen LogP contribution in [-0.2, 0) is 16.6 Å². The van der Waals surface area contributed by atoms with E-state index in [2.05, 4.69) is 23.5 Å². The van der Waals surface area contributed by atoms with Gasteiger partial charge in [-0.3, -0.25) is 4.79 Å². The third kappa shape index (κ3) is 5.72. The fraction of sp³-hybridized carbons (Fsp3) is 0.417. The van der Waals surface area contributed by atoms with Crippen LogP contribution in [0.15, 0.2) is 57.8 Å².